The summed E-state index contributed by atoms with van der Waals surface area (Å²) in [6.07, 6.45) is -2.88. The molecule has 1 aliphatic heterocycles. The number of alkyl halides is 3. The number of carbonyl (C=O) groups is 1. The Kier molecular flexibility index (Phi) is 9.02. The van der Waals surface area contributed by atoms with Crippen molar-refractivity contribution >= 4 is 66.3 Å². The lowest BCUT2D eigenvalue weighted by molar-refractivity contribution is -0.199. The first-order valence-corrected chi connectivity index (χ1v) is 17.4. The second-order valence-corrected chi connectivity index (χ2v) is 15.3. The maximum atomic E-state index is 13.5. The molecule has 1 N–H and O–H groups in total. The molecule has 5 rings (SSSR count). The molecule has 3 aromatic heterocycles. The van der Waals surface area contributed by atoms with Crippen molar-refractivity contribution in [2.24, 2.45) is 5.92 Å². The quantitative estimate of drug-likeness (QED) is 0.169. The van der Waals surface area contributed by atoms with Crippen LogP contribution in [0.2, 0.25) is 0 Å². The Bertz CT molecular complexity index is 1750. The van der Waals surface area contributed by atoms with Crippen molar-refractivity contribution in [2.45, 2.75) is 43.2 Å². The van der Waals surface area contributed by atoms with Crippen molar-refractivity contribution in [3.63, 3.8) is 0 Å². The number of thiazole rings is 1. The van der Waals surface area contributed by atoms with Gasteiger partial charge in [-0.05, 0) is 56.3 Å². The molecule has 0 amide bonds. The van der Waals surface area contributed by atoms with Gasteiger partial charge >= 0.3 is 22.2 Å². The summed E-state index contributed by atoms with van der Waals surface area (Å²) in [5.41, 5.74) is 0.600. The number of carbonyl (C=O) groups excluding carboxylic acids is 1. The molecule has 1 fully saturated rings. The third-order valence-electron chi connectivity index (χ3n) is 6.82. The summed E-state index contributed by atoms with van der Waals surface area (Å²) in [7, 11) is -4.73. The lowest BCUT2D eigenvalue weighted by Crippen LogP contribution is -2.38. The van der Waals surface area contributed by atoms with Crippen molar-refractivity contribution in [1.29, 1.82) is 0 Å². The molecule has 2 atom stereocenters. The van der Waals surface area contributed by atoms with Gasteiger partial charge in [0.05, 0.1) is 17.0 Å². The van der Waals surface area contributed by atoms with Gasteiger partial charge in [0.15, 0.2) is 11.1 Å². The van der Waals surface area contributed by atoms with E-state index in [4.69, 9.17) is 0 Å². The highest BCUT2D eigenvalue weighted by atomic mass is 32.2. The lowest BCUT2D eigenvalue weighted by Gasteiger charge is -2.24. The molecular weight excluding hydrogens is 650 g/mol. The molecule has 0 aliphatic carbocycles. The monoisotopic (exact) mass is 676 g/mol. The van der Waals surface area contributed by atoms with Gasteiger partial charge in [-0.3, -0.25) is 4.90 Å². The van der Waals surface area contributed by atoms with E-state index in [2.05, 4.69) is 14.7 Å². The summed E-state index contributed by atoms with van der Waals surface area (Å²) < 4.78 is 88.9. The number of fused-ring (bicyclic) bond motifs is 1. The Morgan fingerprint density at radius 3 is 2.70 bits per heavy atom. The van der Waals surface area contributed by atoms with E-state index in [1.165, 1.54) is 41.0 Å². The fourth-order valence-corrected chi connectivity index (χ4v) is 9.01. The number of para-hydroxylation sites is 1. The second-order valence-electron chi connectivity index (χ2n) is 10.3. The Hall–Kier alpha value is -2.83. The molecule has 1 aliphatic rings. The molecule has 10 nitrogen and oxygen atoms in total. The fraction of sp³-hybridized carbons (Fsp3) is 0.385. The van der Waals surface area contributed by atoms with E-state index in [1.54, 1.807) is 22.9 Å². The van der Waals surface area contributed by atoms with Crippen molar-refractivity contribution in [1.82, 2.24) is 14.5 Å². The number of anilines is 1. The third kappa shape index (κ3) is 6.66. The predicted molar refractivity (Wildman–Crippen MR) is 159 cm³/mol. The first kappa shape index (κ1) is 31.6. The van der Waals surface area contributed by atoms with E-state index in [0.29, 0.717) is 29.2 Å². The van der Waals surface area contributed by atoms with E-state index in [1.807, 2.05) is 13.8 Å². The van der Waals surface area contributed by atoms with E-state index in [9.17, 15) is 35.1 Å². The van der Waals surface area contributed by atoms with Crippen LogP contribution in [0.5, 0.6) is 0 Å². The van der Waals surface area contributed by atoms with Gasteiger partial charge in [0.25, 0.3) is 0 Å². The van der Waals surface area contributed by atoms with Gasteiger partial charge in [0, 0.05) is 35.6 Å². The number of benzene rings is 1. The van der Waals surface area contributed by atoms with Crippen LogP contribution in [-0.4, -0.2) is 62.6 Å². The lowest BCUT2D eigenvalue weighted by atomic mass is 10.2. The molecule has 232 valence electrons. The summed E-state index contributed by atoms with van der Waals surface area (Å²) in [6.45, 7) is 5.75. The summed E-state index contributed by atoms with van der Waals surface area (Å²) in [6, 6.07) is 8.55. The normalized spacial score (nSPS) is 17.1. The van der Waals surface area contributed by atoms with E-state index < -0.39 is 33.2 Å². The van der Waals surface area contributed by atoms with Crippen LogP contribution in [-0.2, 0) is 37.3 Å². The molecular formula is C26H27F3N4O6S4. The molecule has 4 aromatic rings. The highest BCUT2D eigenvalue weighted by Gasteiger charge is 2.45. The van der Waals surface area contributed by atoms with Crippen LogP contribution < -0.4 is 4.47 Å². The zero-order chi connectivity index (χ0) is 31.1. The number of likely N-dealkylation sites (tertiary alicyclic amines) is 1. The molecule has 17 heteroatoms. The van der Waals surface area contributed by atoms with Crippen LogP contribution in [0.15, 0.2) is 52.2 Å². The number of rotatable bonds is 10. The van der Waals surface area contributed by atoms with Crippen molar-refractivity contribution < 1.29 is 40.0 Å². The zero-order valence-electron chi connectivity index (χ0n) is 22.9. The molecule has 1 saturated heterocycles. The molecule has 4 heterocycles. The molecule has 1 aromatic carbocycles. The van der Waals surface area contributed by atoms with Crippen LogP contribution >= 0.6 is 22.7 Å². The van der Waals surface area contributed by atoms with Gasteiger partial charge in [-0.1, -0.05) is 22.7 Å². The largest absolute Gasteiger partial charge is 0.493 e. The van der Waals surface area contributed by atoms with E-state index in [-0.39, 0.29) is 37.6 Å². The molecule has 0 spiro atoms. The van der Waals surface area contributed by atoms with Gasteiger partial charge in [-0.15, -0.1) is 22.7 Å². The number of hydrogen-bond donors (Lipinski definition) is 1. The Morgan fingerprint density at radius 2 is 2.05 bits per heavy atom. The standard InChI is InChI=1S/C26H27F3N4O6S4/c1-16(2)32-21(24-30-12-19(41-24)14-31-9-8-17(13-31)15-42(35)36)11-18-5-3-6-20(23(18)32)33(39-25(34)26(27,28)29)43(37,38)22-7-4-10-40-22/h3-7,10-12,16-17H,8-9,13-15H2,1-2H3,(H,35,36). The van der Waals surface area contributed by atoms with Crippen molar-refractivity contribution in [2.75, 3.05) is 23.3 Å². The Labute approximate surface area is 256 Å². The Morgan fingerprint density at radius 1 is 1.28 bits per heavy atom. The highest BCUT2D eigenvalue weighted by Crippen LogP contribution is 2.40. The maximum absolute atomic E-state index is 13.5. The number of nitrogens with zero attached hydrogens (tertiary/aromatic N) is 4. The van der Waals surface area contributed by atoms with Crippen LogP contribution in [0.4, 0.5) is 18.9 Å². The fourth-order valence-electron chi connectivity index (χ4n) is 5.07. The van der Waals surface area contributed by atoms with Crippen LogP contribution in [0.3, 0.4) is 0 Å². The van der Waals surface area contributed by atoms with Gasteiger partial charge in [-0.2, -0.15) is 21.6 Å². The number of thiophene rings is 1. The number of sulfonamides is 1. The highest BCUT2D eigenvalue weighted by molar-refractivity contribution is 7.94. The number of halogens is 3. The van der Waals surface area contributed by atoms with Gasteiger partial charge < -0.3 is 14.0 Å². The van der Waals surface area contributed by atoms with Gasteiger partial charge in [0.1, 0.15) is 14.9 Å². The molecule has 0 bridgehead atoms. The summed E-state index contributed by atoms with van der Waals surface area (Å²) in [5, 5.41) is 2.56. The summed E-state index contributed by atoms with van der Waals surface area (Å²) in [5.74, 6) is -2.30. The van der Waals surface area contributed by atoms with Crippen molar-refractivity contribution in [3.8, 4) is 10.7 Å². The minimum absolute atomic E-state index is 0.0517. The Balaban J connectivity index is 1.56. The molecule has 0 saturated carbocycles. The average molecular weight is 677 g/mol. The minimum atomic E-state index is -5.44. The first-order valence-electron chi connectivity index (χ1n) is 13.0. The van der Waals surface area contributed by atoms with E-state index >= 15 is 0 Å². The van der Waals surface area contributed by atoms with Crippen LogP contribution in [0.1, 0.15) is 31.2 Å². The minimum Gasteiger partial charge on any atom is -0.334 e. The number of hydrogen-bond acceptors (Lipinski definition) is 9. The third-order valence-corrected chi connectivity index (χ3v) is 11.5. The summed E-state index contributed by atoms with van der Waals surface area (Å²) >= 11 is 0.351. The second kappa shape index (κ2) is 12.3. The van der Waals surface area contributed by atoms with Gasteiger partial charge in [0.2, 0.25) is 0 Å². The molecule has 2 unspecified atom stereocenters. The SMILES string of the molecule is CC(C)n1c(-c2ncc(CN3CCC(CS(=O)O)C3)s2)cc2cccc(N(OC(=O)C(F)(F)F)S(=O)(=O)c3cccs3)c21. The molecule has 0 radical (unpaired) electrons. The van der Waals surface area contributed by atoms with Gasteiger partial charge in [-0.25, -0.2) is 14.0 Å². The van der Waals surface area contributed by atoms with Crippen molar-refractivity contribution in [3.05, 3.63) is 52.9 Å². The number of aromatic nitrogens is 2. The maximum Gasteiger partial charge on any atom is 0.493 e. The topological polar surface area (TPSA) is 122 Å². The smallest absolute Gasteiger partial charge is 0.334 e. The summed E-state index contributed by atoms with van der Waals surface area (Å²) in [4.78, 5) is 24.3. The zero-order valence-corrected chi connectivity index (χ0v) is 26.1. The van der Waals surface area contributed by atoms with Crippen LogP contribution in [0.25, 0.3) is 21.6 Å². The average Bonchev–Trinajstić information content (AvgIpc) is 3.72. The van der Waals surface area contributed by atoms with E-state index in [0.717, 1.165) is 29.2 Å². The first-order chi connectivity index (χ1) is 20.3. The molecule has 43 heavy (non-hydrogen) atoms. The van der Waals surface area contributed by atoms with Crippen LogP contribution in [0, 0.1) is 5.92 Å². The predicted octanol–water partition coefficient (Wildman–Crippen LogP) is 5.67.